The van der Waals surface area contributed by atoms with Crippen molar-refractivity contribution < 1.29 is 9.90 Å². The number of halogens is 1. The number of hydrogen-bond acceptors (Lipinski definition) is 2. The van der Waals surface area contributed by atoms with Crippen LogP contribution in [-0.4, -0.2) is 11.0 Å². The Morgan fingerprint density at radius 2 is 2.05 bits per heavy atom. The summed E-state index contributed by atoms with van der Waals surface area (Å²) in [6.07, 6.45) is 0.264. The first kappa shape index (κ1) is 13.4. The summed E-state index contributed by atoms with van der Waals surface area (Å²) in [7, 11) is 0. The number of amides is 1. The minimum Gasteiger partial charge on any atom is -0.508 e. The van der Waals surface area contributed by atoms with Gasteiger partial charge in [-0.05, 0) is 48.4 Å². The maximum absolute atomic E-state index is 11.9. The lowest BCUT2D eigenvalue weighted by Gasteiger charge is -2.07. The fourth-order valence-corrected chi connectivity index (χ4v) is 1.98. The van der Waals surface area contributed by atoms with Crippen molar-refractivity contribution in [1.82, 2.24) is 0 Å². The average Bonchev–Trinajstić information content (AvgIpc) is 2.34. The monoisotopic (exact) mass is 275 g/mol. The number of phenolic OH excluding ortho intramolecular Hbond substituents is 1. The van der Waals surface area contributed by atoms with Crippen LogP contribution in [0.3, 0.4) is 0 Å². The molecule has 0 aliphatic carbocycles. The summed E-state index contributed by atoms with van der Waals surface area (Å²) in [5, 5.41) is 12.8. The second-order valence-corrected chi connectivity index (χ2v) is 4.79. The third-order valence-electron chi connectivity index (χ3n) is 2.73. The van der Waals surface area contributed by atoms with Gasteiger partial charge in [0.15, 0.2) is 0 Å². The Labute approximate surface area is 116 Å². The molecule has 19 heavy (non-hydrogen) atoms. The molecule has 0 aliphatic rings. The number of aryl methyl sites for hydroxylation is 1. The van der Waals surface area contributed by atoms with Crippen molar-refractivity contribution in [3.05, 3.63) is 58.6 Å². The Kier molecular flexibility index (Phi) is 4.07. The average molecular weight is 276 g/mol. The van der Waals surface area contributed by atoms with Crippen LogP contribution in [0.25, 0.3) is 0 Å². The van der Waals surface area contributed by atoms with Gasteiger partial charge >= 0.3 is 0 Å². The number of carbonyl (C=O) groups is 1. The van der Waals surface area contributed by atoms with Gasteiger partial charge in [0.25, 0.3) is 0 Å². The van der Waals surface area contributed by atoms with Crippen molar-refractivity contribution in [2.75, 3.05) is 5.32 Å². The van der Waals surface area contributed by atoms with Gasteiger partial charge in [0.2, 0.25) is 5.91 Å². The van der Waals surface area contributed by atoms with E-state index in [-0.39, 0.29) is 18.1 Å². The molecule has 2 rings (SSSR count). The fourth-order valence-electron chi connectivity index (χ4n) is 1.77. The molecule has 0 unspecified atom stereocenters. The van der Waals surface area contributed by atoms with Crippen molar-refractivity contribution >= 4 is 23.2 Å². The highest BCUT2D eigenvalue weighted by Crippen LogP contribution is 2.20. The zero-order valence-corrected chi connectivity index (χ0v) is 11.2. The Hall–Kier alpha value is -2.00. The summed E-state index contributed by atoms with van der Waals surface area (Å²) < 4.78 is 0. The molecule has 0 aromatic heterocycles. The topological polar surface area (TPSA) is 49.3 Å². The number of aromatic hydroxyl groups is 1. The molecule has 0 saturated carbocycles. The number of carbonyl (C=O) groups excluding carboxylic acids is 1. The number of phenols is 1. The van der Waals surface area contributed by atoms with Gasteiger partial charge in [-0.2, -0.15) is 0 Å². The number of rotatable bonds is 3. The summed E-state index contributed by atoms with van der Waals surface area (Å²) in [6.45, 7) is 1.78. The van der Waals surface area contributed by atoms with Crippen molar-refractivity contribution in [3.63, 3.8) is 0 Å². The molecule has 4 heteroatoms. The molecule has 0 aliphatic heterocycles. The molecule has 2 N–H and O–H groups in total. The largest absolute Gasteiger partial charge is 0.508 e. The maximum atomic E-state index is 11.9. The van der Waals surface area contributed by atoms with E-state index in [4.69, 9.17) is 11.6 Å². The van der Waals surface area contributed by atoms with Crippen LogP contribution in [-0.2, 0) is 11.2 Å². The molecule has 0 atom stereocenters. The van der Waals surface area contributed by atoms with Crippen LogP contribution >= 0.6 is 11.6 Å². The molecule has 98 valence electrons. The molecule has 0 saturated heterocycles. The lowest BCUT2D eigenvalue weighted by molar-refractivity contribution is -0.115. The van der Waals surface area contributed by atoms with Crippen LogP contribution in [0.15, 0.2) is 42.5 Å². The van der Waals surface area contributed by atoms with Crippen molar-refractivity contribution in [1.29, 1.82) is 0 Å². The van der Waals surface area contributed by atoms with Gasteiger partial charge in [-0.3, -0.25) is 4.79 Å². The number of benzene rings is 2. The van der Waals surface area contributed by atoms with E-state index in [1.165, 1.54) is 0 Å². The van der Waals surface area contributed by atoms with Gasteiger partial charge < -0.3 is 10.4 Å². The standard InChI is InChI=1S/C15H14ClNO2/c1-10-7-13(5-6-14(10)18)17-15(19)9-11-3-2-4-12(16)8-11/h2-8,18H,9H2,1H3,(H,17,19). The van der Waals surface area contributed by atoms with E-state index in [0.29, 0.717) is 10.7 Å². The zero-order chi connectivity index (χ0) is 13.8. The Morgan fingerprint density at radius 1 is 1.26 bits per heavy atom. The van der Waals surface area contributed by atoms with Gasteiger partial charge in [0.05, 0.1) is 6.42 Å². The quantitative estimate of drug-likeness (QED) is 0.842. The maximum Gasteiger partial charge on any atom is 0.228 e. The van der Waals surface area contributed by atoms with Gasteiger partial charge in [-0.25, -0.2) is 0 Å². The second-order valence-electron chi connectivity index (χ2n) is 4.36. The first-order valence-corrected chi connectivity index (χ1v) is 6.26. The van der Waals surface area contributed by atoms with Crippen molar-refractivity contribution in [3.8, 4) is 5.75 Å². The third-order valence-corrected chi connectivity index (χ3v) is 2.97. The number of nitrogens with one attached hydrogen (secondary N) is 1. The fraction of sp³-hybridized carbons (Fsp3) is 0.133. The van der Waals surface area contributed by atoms with Gasteiger partial charge in [-0.15, -0.1) is 0 Å². The summed E-state index contributed by atoms with van der Waals surface area (Å²) in [4.78, 5) is 11.9. The highest BCUT2D eigenvalue weighted by atomic mass is 35.5. The lowest BCUT2D eigenvalue weighted by atomic mass is 10.1. The predicted octanol–water partition coefficient (Wildman–Crippen LogP) is 3.54. The summed E-state index contributed by atoms with van der Waals surface area (Å²) >= 11 is 5.87. The lowest BCUT2D eigenvalue weighted by Crippen LogP contribution is -2.14. The summed E-state index contributed by atoms with van der Waals surface area (Å²) in [5.41, 5.74) is 2.25. The molecule has 1 amide bonds. The smallest absolute Gasteiger partial charge is 0.228 e. The van der Waals surface area contributed by atoms with E-state index in [9.17, 15) is 9.90 Å². The van der Waals surface area contributed by atoms with E-state index >= 15 is 0 Å². The first-order chi connectivity index (χ1) is 9.04. The molecule has 2 aromatic carbocycles. The van der Waals surface area contributed by atoms with E-state index in [2.05, 4.69) is 5.32 Å². The van der Waals surface area contributed by atoms with Gasteiger partial charge in [-0.1, -0.05) is 23.7 Å². The molecule has 0 fully saturated rings. The van der Waals surface area contributed by atoms with Crippen LogP contribution in [0.2, 0.25) is 5.02 Å². The first-order valence-electron chi connectivity index (χ1n) is 5.88. The predicted molar refractivity (Wildman–Crippen MR) is 76.6 cm³/mol. The molecule has 3 nitrogen and oxygen atoms in total. The Bertz CT molecular complexity index is 611. The highest BCUT2D eigenvalue weighted by molar-refractivity contribution is 6.30. The number of anilines is 1. The summed E-state index contributed by atoms with van der Waals surface area (Å²) in [5.74, 6) is 0.0974. The zero-order valence-electron chi connectivity index (χ0n) is 10.5. The Balaban J connectivity index is 2.03. The minimum absolute atomic E-state index is 0.118. The van der Waals surface area contributed by atoms with Crippen LogP contribution in [0, 0.1) is 6.92 Å². The van der Waals surface area contributed by atoms with Crippen LogP contribution in [0.5, 0.6) is 5.75 Å². The molecule has 0 spiro atoms. The number of hydrogen-bond donors (Lipinski definition) is 2. The van der Waals surface area contributed by atoms with Crippen molar-refractivity contribution in [2.45, 2.75) is 13.3 Å². The molecule has 2 aromatic rings. The third kappa shape index (κ3) is 3.73. The SMILES string of the molecule is Cc1cc(NC(=O)Cc2cccc(Cl)c2)ccc1O. The van der Waals surface area contributed by atoms with E-state index in [1.54, 1.807) is 37.3 Å². The highest BCUT2D eigenvalue weighted by Gasteiger charge is 2.05. The molecule has 0 bridgehead atoms. The van der Waals surface area contributed by atoms with E-state index in [0.717, 1.165) is 11.1 Å². The molecule has 0 radical (unpaired) electrons. The molecular formula is C15H14ClNO2. The van der Waals surface area contributed by atoms with Crippen molar-refractivity contribution in [2.24, 2.45) is 0 Å². The normalized spacial score (nSPS) is 10.2. The molecule has 0 heterocycles. The van der Waals surface area contributed by atoms with Crippen LogP contribution < -0.4 is 5.32 Å². The van der Waals surface area contributed by atoms with Gasteiger partial charge in [0, 0.05) is 10.7 Å². The second kappa shape index (κ2) is 5.76. The molecular weight excluding hydrogens is 262 g/mol. The Morgan fingerprint density at radius 3 is 2.74 bits per heavy atom. The van der Waals surface area contributed by atoms with Crippen LogP contribution in [0.1, 0.15) is 11.1 Å². The summed E-state index contributed by atoms with van der Waals surface area (Å²) in [6, 6.07) is 12.2. The van der Waals surface area contributed by atoms with E-state index < -0.39 is 0 Å². The minimum atomic E-state index is -0.118. The van der Waals surface area contributed by atoms with E-state index in [1.807, 2.05) is 12.1 Å². The van der Waals surface area contributed by atoms with Crippen LogP contribution in [0.4, 0.5) is 5.69 Å². The van der Waals surface area contributed by atoms with Gasteiger partial charge in [0.1, 0.15) is 5.75 Å².